The summed E-state index contributed by atoms with van der Waals surface area (Å²) in [6, 6.07) is 15.3. The molecule has 1 atom stereocenters. The Balaban J connectivity index is 1.84. The fraction of sp³-hybridized carbons (Fsp3) is 0.136. The quantitative estimate of drug-likeness (QED) is 0.561. The number of anilines is 1. The fourth-order valence-corrected chi connectivity index (χ4v) is 3.11. The van der Waals surface area contributed by atoms with E-state index in [-0.39, 0.29) is 11.8 Å². The van der Waals surface area contributed by atoms with Crippen LogP contribution in [0.4, 0.5) is 5.82 Å². The summed E-state index contributed by atoms with van der Waals surface area (Å²) in [5.74, 6) is 0.899. The molecule has 5 heteroatoms. The van der Waals surface area contributed by atoms with Crippen molar-refractivity contribution in [2.45, 2.75) is 19.9 Å². The van der Waals surface area contributed by atoms with E-state index in [1.165, 1.54) is 0 Å². The summed E-state index contributed by atoms with van der Waals surface area (Å²) in [5, 5.41) is 15.3. The molecule has 1 aromatic carbocycles. The number of phenols is 1. The van der Waals surface area contributed by atoms with Gasteiger partial charge in [0.15, 0.2) is 0 Å². The third-order valence-electron chi connectivity index (χ3n) is 4.54. The Morgan fingerprint density at radius 2 is 1.81 bits per heavy atom. The summed E-state index contributed by atoms with van der Waals surface area (Å²) in [6.45, 7) is 3.91. The van der Waals surface area contributed by atoms with Gasteiger partial charge in [0.25, 0.3) is 0 Å². The van der Waals surface area contributed by atoms with Gasteiger partial charge in [0.05, 0.1) is 6.04 Å². The number of aromatic nitrogens is 3. The first kappa shape index (κ1) is 17.0. The van der Waals surface area contributed by atoms with Gasteiger partial charge >= 0.3 is 0 Å². The summed E-state index contributed by atoms with van der Waals surface area (Å²) < 4.78 is 0. The van der Waals surface area contributed by atoms with E-state index in [0.717, 1.165) is 33.6 Å². The molecule has 0 saturated heterocycles. The van der Waals surface area contributed by atoms with Crippen molar-refractivity contribution in [2.24, 2.45) is 0 Å². The number of pyridine rings is 3. The van der Waals surface area contributed by atoms with Crippen molar-refractivity contribution in [1.29, 1.82) is 0 Å². The minimum atomic E-state index is -0.305. The number of aryl methyl sites for hydroxylation is 2. The lowest BCUT2D eigenvalue weighted by molar-refractivity contribution is 0.471. The number of nitrogens with one attached hydrogen (secondary N) is 1. The van der Waals surface area contributed by atoms with Gasteiger partial charge in [0.2, 0.25) is 0 Å². The largest absolute Gasteiger partial charge is 0.505 e. The maximum Gasteiger partial charge on any atom is 0.147 e. The van der Waals surface area contributed by atoms with Crippen molar-refractivity contribution in [3.05, 3.63) is 89.5 Å². The second kappa shape index (κ2) is 7.03. The molecule has 4 rings (SSSR count). The van der Waals surface area contributed by atoms with Crippen molar-refractivity contribution < 1.29 is 5.11 Å². The Morgan fingerprint density at radius 3 is 2.56 bits per heavy atom. The van der Waals surface area contributed by atoms with Gasteiger partial charge < -0.3 is 10.4 Å². The van der Waals surface area contributed by atoms with Crippen LogP contribution in [-0.4, -0.2) is 20.1 Å². The Kier molecular flexibility index (Phi) is 4.42. The number of aromatic hydroxyl groups is 1. The predicted octanol–water partition coefficient (Wildman–Crippen LogP) is 4.55. The molecule has 0 saturated carbocycles. The van der Waals surface area contributed by atoms with Crippen LogP contribution >= 0.6 is 0 Å². The normalized spacial score (nSPS) is 12.1. The molecular formula is C22H20N4O. The number of rotatable bonds is 4. The molecule has 0 aliphatic carbocycles. The first-order chi connectivity index (χ1) is 13.1. The molecule has 3 aromatic heterocycles. The highest BCUT2D eigenvalue weighted by atomic mass is 16.3. The summed E-state index contributed by atoms with van der Waals surface area (Å²) in [7, 11) is 0. The summed E-state index contributed by atoms with van der Waals surface area (Å²) >= 11 is 0. The van der Waals surface area contributed by atoms with Gasteiger partial charge in [-0.2, -0.15) is 0 Å². The molecule has 0 aliphatic heterocycles. The number of benzene rings is 1. The monoisotopic (exact) mass is 356 g/mol. The van der Waals surface area contributed by atoms with E-state index >= 15 is 0 Å². The van der Waals surface area contributed by atoms with Gasteiger partial charge in [-0.15, -0.1) is 0 Å². The Labute approximate surface area is 157 Å². The minimum absolute atomic E-state index is 0.171. The van der Waals surface area contributed by atoms with Crippen molar-refractivity contribution in [3.63, 3.8) is 0 Å². The molecule has 2 N–H and O–H groups in total. The van der Waals surface area contributed by atoms with Crippen LogP contribution in [0.1, 0.15) is 28.4 Å². The molecule has 3 heterocycles. The Hall–Kier alpha value is -3.47. The minimum Gasteiger partial charge on any atom is -0.505 e. The molecule has 27 heavy (non-hydrogen) atoms. The summed E-state index contributed by atoms with van der Waals surface area (Å²) in [4.78, 5) is 13.2. The Bertz CT molecular complexity index is 1080. The van der Waals surface area contributed by atoms with E-state index in [2.05, 4.69) is 20.3 Å². The van der Waals surface area contributed by atoms with Crippen LogP contribution in [0.15, 0.2) is 67.1 Å². The second-order valence-corrected chi connectivity index (χ2v) is 6.61. The van der Waals surface area contributed by atoms with Crippen molar-refractivity contribution in [2.75, 3.05) is 5.32 Å². The molecule has 0 radical (unpaired) electrons. The number of nitrogens with zero attached hydrogens (tertiary/aromatic N) is 3. The van der Waals surface area contributed by atoms with E-state index in [9.17, 15) is 5.11 Å². The summed E-state index contributed by atoms with van der Waals surface area (Å²) in [5.41, 5.74) is 4.21. The lowest BCUT2D eigenvalue weighted by atomic mass is 9.97. The average Bonchev–Trinajstić information content (AvgIpc) is 2.69. The zero-order valence-electron chi connectivity index (χ0n) is 15.2. The standard InChI is InChI=1S/C22H20N4O/c1-14-5-10-19(24-12-14)26-20(17-4-3-11-23-13-17)18-9-8-16-7-6-15(2)25-21(16)22(18)27/h3-13,20,27H,1-2H3,(H,24,26)/t20-/m0/s1. The smallest absolute Gasteiger partial charge is 0.147 e. The molecule has 0 aliphatic rings. The Morgan fingerprint density at radius 1 is 0.963 bits per heavy atom. The fourth-order valence-electron chi connectivity index (χ4n) is 3.11. The van der Waals surface area contributed by atoms with Crippen LogP contribution in [0.2, 0.25) is 0 Å². The highest BCUT2D eigenvalue weighted by Crippen LogP contribution is 2.36. The van der Waals surface area contributed by atoms with Gasteiger partial charge in [-0.1, -0.05) is 30.3 Å². The maximum atomic E-state index is 11.0. The van der Waals surface area contributed by atoms with Crippen LogP contribution in [0.5, 0.6) is 5.75 Å². The average molecular weight is 356 g/mol. The third kappa shape index (κ3) is 3.44. The molecule has 0 unspecified atom stereocenters. The molecule has 5 nitrogen and oxygen atoms in total. The topological polar surface area (TPSA) is 70.9 Å². The predicted molar refractivity (Wildman–Crippen MR) is 107 cm³/mol. The van der Waals surface area contributed by atoms with Crippen molar-refractivity contribution in [3.8, 4) is 5.75 Å². The highest BCUT2D eigenvalue weighted by Gasteiger charge is 2.20. The maximum absolute atomic E-state index is 11.0. The van der Waals surface area contributed by atoms with Gasteiger partial charge in [-0.3, -0.25) is 4.98 Å². The molecule has 134 valence electrons. The van der Waals surface area contributed by atoms with E-state index in [4.69, 9.17) is 0 Å². The van der Waals surface area contributed by atoms with Crippen molar-refractivity contribution in [1.82, 2.24) is 15.0 Å². The van der Waals surface area contributed by atoms with Crippen LogP contribution < -0.4 is 5.32 Å². The molecule has 0 amide bonds. The SMILES string of the molecule is Cc1ccc(N[C@@H](c2cccnc2)c2ccc3ccc(C)nc3c2O)nc1. The number of hydrogen-bond acceptors (Lipinski definition) is 5. The van der Waals surface area contributed by atoms with Gasteiger partial charge in [-0.25, -0.2) is 9.97 Å². The highest BCUT2D eigenvalue weighted by molar-refractivity contribution is 5.86. The van der Waals surface area contributed by atoms with Crippen LogP contribution in [0, 0.1) is 13.8 Å². The third-order valence-corrected chi connectivity index (χ3v) is 4.54. The lowest BCUT2D eigenvalue weighted by Gasteiger charge is -2.21. The molecule has 0 bridgehead atoms. The molecule has 4 aromatic rings. The molecular weight excluding hydrogens is 336 g/mol. The van der Waals surface area contributed by atoms with E-state index < -0.39 is 0 Å². The number of phenolic OH excluding ortho intramolecular Hbond substituents is 1. The zero-order valence-corrected chi connectivity index (χ0v) is 15.2. The molecule has 0 spiro atoms. The first-order valence-electron chi connectivity index (χ1n) is 8.80. The van der Waals surface area contributed by atoms with Gasteiger partial charge in [0.1, 0.15) is 17.1 Å². The first-order valence-corrected chi connectivity index (χ1v) is 8.80. The van der Waals surface area contributed by atoms with E-state index in [0.29, 0.717) is 5.52 Å². The van der Waals surface area contributed by atoms with Gasteiger partial charge in [0, 0.05) is 35.2 Å². The number of fused-ring (bicyclic) bond motifs is 1. The number of hydrogen-bond donors (Lipinski definition) is 2. The van der Waals surface area contributed by atoms with E-state index in [1.54, 1.807) is 12.4 Å². The van der Waals surface area contributed by atoms with Gasteiger partial charge in [-0.05, 0) is 43.2 Å². The van der Waals surface area contributed by atoms with Crippen LogP contribution in [0.25, 0.3) is 10.9 Å². The van der Waals surface area contributed by atoms with Crippen LogP contribution in [-0.2, 0) is 0 Å². The van der Waals surface area contributed by atoms with Crippen molar-refractivity contribution >= 4 is 16.7 Å². The summed E-state index contributed by atoms with van der Waals surface area (Å²) in [6.07, 6.45) is 5.34. The second-order valence-electron chi connectivity index (χ2n) is 6.61. The van der Waals surface area contributed by atoms with E-state index in [1.807, 2.05) is 68.6 Å². The molecule has 0 fully saturated rings. The zero-order chi connectivity index (χ0) is 18.8. The van der Waals surface area contributed by atoms with Crippen LogP contribution in [0.3, 0.4) is 0 Å². The lowest BCUT2D eigenvalue weighted by Crippen LogP contribution is -2.14.